The second-order valence-electron chi connectivity index (χ2n) is 5.68. The average molecular weight is 322 g/mol. The molecule has 23 heavy (non-hydrogen) atoms. The molecule has 0 radical (unpaired) electrons. The van der Waals surface area contributed by atoms with E-state index in [9.17, 15) is 4.79 Å². The molecule has 1 aliphatic rings. The number of carbonyl (C=O) groups is 1. The van der Waals surface area contributed by atoms with Gasteiger partial charge in [0.1, 0.15) is 6.61 Å². The maximum absolute atomic E-state index is 11.9. The number of methoxy groups -OCH3 is 1. The number of nitrogens with one attached hydrogen (secondary N) is 1. The van der Waals surface area contributed by atoms with Crippen molar-refractivity contribution in [2.75, 3.05) is 47.0 Å². The van der Waals surface area contributed by atoms with Crippen molar-refractivity contribution in [1.29, 1.82) is 0 Å². The van der Waals surface area contributed by atoms with E-state index in [4.69, 9.17) is 14.2 Å². The first kappa shape index (κ1) is 17.6. The van der Waals surface area contributed by atoms with Crippen LogP contribution < -0.4 is 14.8 Å². The van der Waals surface area contributed by atoms with Gasteiger partial charge in [-0.05, 0) is 32.0 Å². The first-order chi connectivity index (χ1) is 11.2. The quantitative estimate of drug-likeness (QED) is 0.743. The summed E-state index contributed by atoms with van der Waals surface area (Å²) in [6.45, 7) is 2.91. The molecule has 1 atom stereocenters. The van der Waals surface area contributed by atoms with Gasteiger partial charge in [-0.3, -0.25) is 9.69 Å². The van der Waals surface area contributed by atoms with Gasteiger partial charge in [-0.1, -0.05) is 12.1 Å². The summed E-state index contributed by atoms with van der Waals surface area (Å²) in [6.07, 6.45) is 2.29. The Balaban J connectivity index is 1.62. The molecule has 6 heteroatoms. The molecular weight excluding hydrogens is 296 g/mol. The number of hydrogen-bond donors (Lipinski definition) is 1. The maximum Gasteiger partial charge on any atom is 0.234 e. The van der Waals surface area contributed by atoms with Crippen molar-refractivity contribution < 1.29 is 19.0 Å². The van der Waals surface area contributed by atoms with Crippen molar-refractivity contribution in [2.45, 2.75) is 18.9 Å². The van der Waals surface area contributed by atoms with Crippen LogP contribution in [0.3, 0.4) is 0 Å². The topological polar surface area (TPSA) is 60.0 Å². The number of ether oxygens (including phenoxy) is 3. The van der Waals surface area contributed by atoms with Gasteiger partial charge in [0, 0.05) is 19.7 Å². The molecule has 1 heterocycles. The number of benzene rings is 1. The fourth-order valence-electron chi connectivity index (χ4n) is 2.46. The summed E-state index contributed by atoms with van der Waals surface area (Å²) in [7, 11) is 3.52. The van der Waals surface area contributed by atoms with Crippen molar-refractivity contribution in [2.24, 2.45) is 0 Å². The summed E-state index contributed by atoms with van der Waals surface area (Å²) >= 11 is 0. The van der Waals surface area contributed by atoms with Gasteiger partial charge in [0.2, 0.25) is 5.91 Å². The Morgan fingerprint density at radius 1 is 1.39 bits per heavy atom. The third kappa shape index (κ3) is 6.08. The fourth-order valence-corrected chi connectivity index (χ4v) is 2.46. The van der Waals surface area contributed by atoms with Crippen LogP contribution in [0.1, 0.15) is 12.8 Å². The van der Waals surface area contributed by atoms with Crippen molar-refractivity contribution in [3.05, 3.63) is 24.3 Å². The lowest BCUT2D eigenvalue weighted by molar-refractivity contribution is -0.122. The average Bonchev–Trinajstić information content (AvgIpc) is 3.07. The predicted molar refractivity (Wildman–Crippen MR) is 88.0 cm³/mol. The van der Waals surface area contributed by atoms with E-state index in [0.29, 0.717) is 37.7 Å². The highest BCUT2D eigenvalue weighted by Crippen LogP contribution is 2.25. The van der Waals surface area contributed by atoms with Crippen LogP contribution in [0.2, 0.25) is 0 Å². The predicted octanol–water partition coefficient (Wildman–Crippen LogP) is 1.30. The molecule has 1 aromatic carbocycles. The molecule has 128 valence electrons. The Kier molecular flexibility index (Phi) is 7.16. The summed E-state index contributed by atoms with van der Waals surface area (Å²) in [5.74, 6) is 1.44. The zero-order valence-corrected chi connectivity index (χ0v) is 13.9. The van der Waals surface area contributed by atoms with Crippen molar-refractivity contribution in [3.63, 3.8) is 0 Å². The molecule has 0 spiro atoms. The molecule has 0 aromatic heterocycles. The SMILES string of the molecule is COc1ccccc1OCCN(C)CC(=O)NCC1CCCO1. The number of hydrogen-bond acceptors (Lipinski definition) is 5. The molecule has 2 rings (SSSR count). The second kappa shape index (κ2) is 9.37. The molecule has 1 amide bonds. The highest BCUT2D eigenvalue weighted by Gasteiger charge is 2.16. The van der Waals surface area contributed by atoms with Crippen LogP contribution in [0.4, 0.5) is 0 Å². The van der Waals surface area contributed by atoms with E-state index in [1.165, 1.54) is 0 Å². The highest BCUT2D eigenvalue weighted by molar-refractivity contribution is 5.77. The minimum atomic E-state index is 0.0142. The lowest BCUT2D eigenvalue weighted by Crippen LogP contribution is -2.39. The lowest BCUT2D eigenvalue weighted by atomic mass is 10.2. The standard InChI is InChI=1S/C17H26N2O4/c1-19(13-17(20)18-12-14-6-5-10-22-14)9-11-23-16-8-4-3-7-15(16)21-2/h3-4,7-8,14H,5-6,9-13H2,1-2H3,(H,18,20). The third-order valence-corrected chi connectivity index (χ3v) is 3.76. The van der Waals surface area contributed by atoms with Crippen LogP contribution in [0.25, 0.3) is 0 Å². The molecule has 0 aliphatic carbocycles. The number of rotatable bonds is 9. The van der Waals surface area contributed by atoms with E-state index in [1.807, 2.05) is 36.2 Å². The molecule has 0 bridgehead atoms. The molecule has 1 N–H and O–H groups in total. The van der Waals surface area contributed by atoms with Crippen LogP contribution in [-0.2, 0) is 9.53 Å². The van der Waals surface area contributed by atoms with Crippen LogP contribution in [0.15, 0.2) is 24.3 Å². The largest absolute Gasteiger partial charge is 0.493 e. The smallest absolute Gasteiger partial charge is 0.234 e. The Morgan fingerprint density at radius 2 is 2.17 bits per heavy atom. The lowest BCUT2D eigenvalue weighted by Gasteiger charge is -2.18. The van der Waals surface area contributed by atoms with Gasteiger partial charge < -0.3 is 19.5 Å². The molecule has 1 aliphatic heterocycles. The van der Waals surface area contributed by atoms with Crippen LogP contribution >= 0.6 is 0 Å². The van der Waals surface area contributed by atoms with Crippen molar-refractivity contribution >= 4 is 5.91 Å². The maximum atomic E-state index is 11.9. The highest BCUT2D eigenvalue weighted by atomic mass is 16.5. The van der Waals surface area contributed by atoms with Gasteiger partial charge >= 0.3 is 0 Å². The normalized spacial score (nSPS) is 17.3. The molecule has 1 fully saturated rings. The van der Waals surface area contributed by atoms with Gasteiger partial charge in [-0.25, -0.2) is 0 Å². The molecule has 0 saturated carbocycles. The first-order valence-corrected chi connectivity index (χ1v) is 8.01. The van der Waals surface area contributed by atoms with Crippen LogP contribution in [0.5, 0.6) is 11.5 Å². The second-order valence-corrected chi connectivity index (χ2v) is 5.68. The van der Waals surface area contributed by atoms with Gasteiger partial charge in [0.25, 0.3) is 0 Å². The van der Waals surface area contributed by atoms with E-state index in [2.05, 4.69) is 5.32 Å². The number of carbonyl (C=O) groups excluding carboxylic acids is 1. The Morgan fingerprint density at radius 3 is 2.87 bits per heavy atom. The third-order valence-electron chi connectivity index (χ3n) is 3.76. The van der Waals surface area contributed by atoms with Gasteiger partial charge in [-0.15, -0.1) is 0 Å². The first-order valence-electron chi connectivity index (χ1n) is 8.01. The van der Waals surface area contributed by atoms with Crippen molar-refractivity contribution in [1.82, 2.24) is 10.2 Å². The van der Waals surface area contributed by atoms with Gasteiger partial charge in [0.15, 0.2) is 11.5 Å². The summed E-state index contributed by atoms with van der Waals surface area (Å²) in [5.41, 5.74) is 0. The number of para-hydroxylation sites is 2. The zero-order chi connectivity index (χ0) is 16.5. The molecule has 1 aromatic rings. The number of amides is 1. The van der Waals surface area contributed by atoms with E-state index in [1.54, 1.807) is 7.11 Å². The van der Waals surface area contributed by atoms with Gasteiger partial charge in [0.05, 0.1) is 19.8 Å². The number of nitrogens with zero attached hydrogens (tertiary/aromatic N) is 1. The van der Waals surface area contributed by atoms with E-state index in [0.717, 1.165) is 19.4 Å². The minimum Gasteiger partial charge on any atom is -0.493 e. The molecular formula is C17H26N2O4. The van der Waals surface area contributed by atoms with Crippen LogP contribution in [0, 0.1) is 0 Å². The van der Waals surface area contributed by atoms with Gasteiger partial charge in [-0.2, -0.15) is 0 Å². The Hall–Kier alpha value is -1.79. The fraction of sp³-hybridized carbons (Fsp3) is 0.588. The minimum absolute atomic E-state index is 0.0142. The monoisotopic (exact) mass is 322 g/mol. The summed E-state index contributed by atoms with van der Waals surface area (Å²) < 4.78 is 16.4. The van der Waals surface area contributed by atoms with E-state index in [-0.39, 0.29) is 12.0 Å². The Bertz CT molecular complexity index is 489. The van der Waals surface area contributed by atoms with E-state index >= 15 is 0 Å². The van der Waals surface area contributed by atoms with E-state index < -0.39 is 0 Å². The van der Waals surface area contributed by atoms with Crippen molar-refractivity contribution in [3.8, 4) is 11.5 Å². The Labute approximate surface area is 137 Å². The number of likely N-dealkylation sites (N-methyl/N-ethyl adjacent to an activating group) is 1. The summed E-state index contributed by atoms with van der Waals surface area (Å²) in [4.78, 5) is 13.8. The molecule has 6 nitrogen and oxygen atoms in total. The summed E-state index contributed by atoms with van der Waals surface area (Å²) in [6, 6.07) is 7.53. The van der Waals surface area contributed by atoms with Crippen LogP contribution in [-0.4, -0.2) is 63.9 Å². The summed E-state index contributed by atoms with van der Waals surface area (Å²) in [5, 5.41) is 2.92. The molecule has 1 unspecified atom stereocenters. The molecule has 1 saturated heterocycles. The zero-order valence-electron chi connectivity index (χ0n) is 13.9.